The van der Waals surface area contributed by atoms with E-state index in [0.29, 0.717) is 4.73 Å². The third-order valence-corrected chi connectivity index (χ3v) is 0.869. The zero-order valence-corrected chi connectivity index (χ0v) is 5.01. The predicted octanol–water partition coefficient (Wildman–Crippen LogP) is 1.04. The molecule has 0 unspecified atom stereocenters. The Labute approximate surface area is 49.7 Å². The largest absolute Gasteiger partial charge is 0.231 e. The Bertz CT molecular complexity index is 140. The van der Waals surface area contributed by atoms with Crippen LogP contribution in [-0.4, -0.2) is 9.97 Å². The summed E-state index contributed by atoms with van der Waals surface area (Å²) >= 11 is 3.06. The van der Waals surface area contributed by atoms with Gasteiger partial charge in [0.25, 0.3) is 0 Å². The monoisotopic (exact) mass is 157 g/mol. The first kappa shape index (κ1) is 4.71. The molecule has 0 fully saturated rings. The summed E-state index contributed by atoms with van der Waals surface area (Å²) in [5.41, 5.74) is 0. The van der Waals surface area contributed by atoms with Crippen molar-refractivity contribution in [3.63, 3.8) is 0 Å². The van der Waals surface area contributed by atoms with Crippen molar-refractivity contribution in [1.29, 1.82) is 0 Å². The van der Waals surface area contributed by atoms with E-state index in [1.165, 1.54) is 0 Å². The van der Waals surface area contributed by atoms with Crippen LogP contribution in [0.15, 0.2) is 17.0 Å². The standard InChI is InChI=1S/C4H2BrN2/c5-4-6-2-1-3-7-4/h1-2H. The topological polar surface area (TPSA) is 25.8 Å². The third-order valence-electron chi connectivity index (χ3n) is 0.487. The second-order valence-electron chi connectivity index (χ2n) is 0.955. The van der Waals surface area contributed by atoms with Gasteiger partial charge in [0.15, 0.2) is 4.73 Å². The Morgan fingerprint density at radius 2 is 2.57 bits per heavy atom. The summed E-state index contributed by atoms with van der Waals surface area (Å²) in [7, 11) is 0. The Hall–Kier alpha value is -0.440. The van der Waals surface area contributed by atoms with Crippen molar-refractivity contribution >= 4 is 15.9 Å². The van der Waals surface area contributed by atoms with Crippen molar-refractivity contribution in [2.45, 2.75) is 0 Å². The Balaban J connectivity index is 3.02. The van der Waals surface area contributed by atoms with Gasteiger partial charge in [0.2, 0.25) is 0 Å². The summed E-state index contributed by atoms with van der Waals surface area (Å²) in [6.07, 6.45) is 4.22. The summed E-state index contributed by atoms with van der Waals surface area (Å²) in [6, 6.07) is 1.64. The highest BCUT2D eigenvalue weighted by Crippen LogP contribution is 1.94. The zero-order valence-electron chi connectivity index (χ0n) is 3.43. The van der Waals surface area contributed by atoms with E-state index < -0.39 is 0 Å². The fourth-order valence-corrected chi connectivity index (χ4v) is 0.472. The van der Waals surface area contributed by atoms with Crippen LogP contribution in [0.1, 0.15) is 0 Å². The first-order chi connectivity index (χ1) is 3.39. The van der Waals surface area contributed by atoms with Crippen molar-refractivity contribution in [1.82, 2.24) is 9.97 Å². The average molecular weight is 158 g/mol. The van der Waals surface area contributed by atoms with E-state index in [9.17, 15) is 0 Å². The van der Waals surface area contributed by atoms with E-state index in [4.69, 9.17) is 0 Å². The smallest absolute Gasteiger partial charge is 0.197 e. The van der Waals surface area contributed by atoms with E-state index in [1.54, 1.807) is 12.3 Å². The molecule has 1 aromatic heterocycles. The predicted molar refractivity (Wildman–Crippen MR) is 28.6 cm³/mol. The molecule has 0 spiro atoms. The van der Waals surface area contributed by atoms with Crippen LogP contribution in [-0.2, 0) is 0 Å². The molecule has 0 aliphatic carbocycles. The second kappa shape index (κ2) is 2.02. The number of rotatable bonds is 0. The maximum atomic E-state index is 3.75. The lowest BCUT2D eigenvalue weighted by Gasteiger charge is -1.78. The van der Waals surface area contributed by atoms with Crippen molar-refractivity contribution in [3.05, 3.63) is 23.2 Å². The van der Waals surface area contributed by atoms with Crippen LogP contribution < -0.4 is 0 Å². The molecule has 0 saturated heterocycles. The molecular formula is C4H2BrN2. The number of aromatic nitrogens is 2. The SMILES string of the molecule is Brc1n[c]ccn1. The van der Waals surface area contributed by atoms with Gasteiger partial charge in [-0.1, -0.05) is 0 Å². The molecule has 0 amide bonds. The van der Waals surface area contributed by atoms with Crippen LogP contribution in [0.4, 0.5) is 0 Å². The van der Waals surface area contributed by atoms with Gasteiger partial charge in [-0.3, -0.25) is 0 Å². The van der Waals surface area contributed by atoms with Crippen molar-refractivity contribution in [3.8, 4) is 0 Å². The second-order valence-corrected chi connectivity index (χ2v) is 1.66. The van der Waals surface area contributed by atoms with Gasteiger partial charge < -0.3 is 0 Å². The van der Waals surface area contributed by atoms with Crippen LogP contribution in [0.25, 0.3) is 0 Å². The molecule has 1 rings (SSSR count). The lowest BCUT2D eigenvalue weighted by molar-refractivity contribution is 1.10. The highest BCUT2D eigenvalue weighted by Gasteiger charge is 1.78. The molecule has 1 radical (unpaired) electrons. The lowest BCUT2D eigenvalue weighted by atomic mass is 10.7. The highest BCUT2D eigenvalue weighted by molar-refractivity contribution is 9.10. The fraction of sp³-hybridized carbons (Fsp3) is 0. The van der Waals surface area contributed by atoms with Gasteiger partial charge >= 0.3 is 0 Å². The quantitative estimate of drug-likeness (QED) is 0.527. The van der Waals surface area contributed by atoms with Crippen molar-refractivity contribution in [2.24, 2.45) is 0 Å². The van der Waals surface area contributed by atoms with Crippen LogP contribution in [0, 0.1) is 6.20 Å². The molecule has 0 aliphatic heterocycles. The summed E-state index contributed by atoms with van der Waals surface area (Å²) in [5, 5.41) is 0. The Morgan fingerprint density at radius 1 is 1.71 bits per heavy atom. The van der Waals surface area contributed by atoms with Gasteiger partial charge in [0, 0.05) is 6.20 Å². The van der Waals surface area contributed by atoms with Crippen LogP contribution in [0.2, 0.25) is 0 Å². The molecule has 1 heterocycles. The summed E-state index contributed by atoms with van der Waals surface area (Å²) < 4.78 is 0.579. The first-order valence-corrected chi connectivity index (χ1v) is 2.53. The summed E-state index contributed by atoms with van der Waals surface area (Å²) in [6.45, 7) is 0. The normalized spacial score (nSPS) is 8.71. The Kier molecular flexibility index (Phi) is 1.36. The Morgan fingerprint density at radius 3 is 2.86 bits per heavy atom. The summed E-state index contributed by atoms with van der Waals surface area (Å²) in [5.74, 6) is 0. The number of nitrogens with zero attached hydrogens (tertiary/aromatic N) is 2. The first-order valence-electron chi connectivity index (χ1n) is 1.74. The lowest BCUT2D eigenvalue weighted by Crippen LogP contribution is -1.75. The van der Waals surface area contributed by atoms with Gasteiger partial charge in [-0.2, -0.15) is 0 Å². The third kappa shape index (κ3) is 1.23. The maximum absolute atomic E-state index is 3.75. The molecule has 0 saturated carbocycles. The van der Waals surface area contributed by atoms with Gasteiger partial charge in [0.05, 0.1) is 6.20 Å². The number of hydrogen-bond acceptors (Lipinski definition) is 2. The molecule has 0 aromatic carbocycles. The van der Waals surface area contributed by atoms with Gasteiger partial charge in [-0.25, -0.2) is 9.97 Å². The van der Waals surface area contributed by atoms with Gasteiger partial charge in [0.1, 0.15) is 0 Å². The molecule has 3 heteroatoms. The van der Waals surface area contributed by atoms with Crippen molar-refractivity contribution < 1.29 is 0 Å². The maximum Gasteiger partial charge on any atom is 0.197 e. The molecule has 0 atom stereocenters. The van der Waals surface area contributed by atoms with Gasteiger partial charge in [-0.15, -0.1) is 0 Å². The molecule has 35 valence electrons. The fourth-order valence-electron chi connectivity index (χ4n) is 0.252. The van der Waals surface area contributed by atoms with E-state index >= 15 is 0 Å². The van der Waals surface area contributed by atoms with E-state index in [0.717, 1.165) is 0 Å². The van der Waals surface area contributed by atoms with E-state index in [-0.39, 0.29) is 0 Å². The van der Waals surface area contributed by atoms with Gasteiger partial charge in [-0.05, 0) is 22.0 Å². The molecular weight excluding hydrogens is 156 g/mol. The molecule has 0 N–H and O–H groups in total. The van der Waals surface area contributed by atoms with Crippen LogP contribution in [0.3, 0.4) is 0 Å². The number of halogens is 1. The summed E-state index contributed by atoms with van der Waals surface area (Å²) in [4.78, 5) is 7.41. The van der Waals surface area contributed by atoms with E-state index in [1.807, 2.05) is 0 Å². The average Bonchev–Trinajstić information content (AvgIpc) is 1.69. The van der Waals surface area contributed by atoms with Crippen molar-refractivity contribution in [2.75, 3.05) is 0 Å². The van der Waals surface area contributed by atoms with Crippen LogP contribution in [0.5, 0.6) is 0 Å². The minimum Gasteiger partial charge on any atom is -0.231 e. The molecule has 2 nitrogen and oxygen atoms in total. The highest BCUT2D eigenvalue weighted by atomic mass is 79.9. The molecule has 0 bridgehead atoms. The molecule has 7 heavy (non-hydrogen) atoms. The minimum absolute atomic E-state index is 0.579. The number of hydrogen-bond donors (Lipinski definition) is 0. The minimum atomic E-state index is 0.579. The zero-order chi connectivity index (χ0) is 5.11. The molecule has 0 aliphatic rings. The van der Waals surface area contributed by atoms with Crippen LogP contribution >= 0.6 is 15.9 Å². The van der Waals surface area contributed by atoms with E-state index in [2.05, 4.69) is 32.1 Å². The molecule has 1 aromatic rings.